The Balaban J connectivity index is 1.73. The standard InChI is InChI=1S/C18H19FN2O5S/c19-13-5-7-15(8-6-13)27(23,24)21-17-4-2-1-3-16(17)18(22)20-26-14-9-11-25-12-10-14/h1-8,14,21H,9-12H2,(H,20,22). The van der Waals surface area contributed by atoms with Crippen LogP contribution in [-0.2, 0) is 19.6 Å². The van der Waals surface area contributed by atoms with Gasteiger partial charge in [-0.15, -0.1) is 0 Å². The highest BCUT2D eigenvalue weighted by molar-refractivity contribution is 7.92. The Hall–Kier alpha value is -2.49. The van der Waals surface area contributed by atoms with Gasteiger partial charge in [0, 0.05) is 13.2 Å². The van der Waals surface area contributed by atoms with Gasteiger partial charge in [0.15, 0.2) is 0 Å². The number of rotatable bonds is 6. The van der Waals surface area contributed by atoms with Crippen LogP contribution < -0.4 is 10.2 Å². The van der Waals surface area contributed by atoms with Crippen LogP contribution in [0.4, 0.5) is 10.1 Å². The second-order valence-electron chi connectivity index (χ2n) is 5.97. The average Bonchev–Trinajstić information content (AvgIpc) is 2.67. The van der Waals surface area contributed by atoms with Gasteiger partial charge in [-0.3, -0.25) is 14.4 Å². The van der Waals surface area contributed by atoms with Gasteiger partial charge in [-0.1, -0.05) is 12.1 Å². The molecule has 1 aliphatic rings. The summed E-state index contributed by atoms with van der Waals surface area (Å²) < 4.78 is 45.6. The quantitative estimate of drug-likeness (QED) is 0.734. The number of carbonyl (C=O) groups excluding carboxylic acids is 1. The summed E-state index contributed by atoms with van der Waals surface area (Å²) >= 11 is 0. The van der Waals surface area contributed by atoms with Crippen LogP contribution in [-0.4, -0.2) is 33.6 Å². The van der Waals surface area contributed by atoms with Crippen molar-refractivity contribution < 1.29 is 27.2 Å². The molecule has 27 heavy (non-hydrogen) atoms. The summed E-state index contributed by atoms with van der Waals surface area (Å²) in [7, 11) is -3.98. The Morgan fingerprint density at radius 2 is 1.74 bits per heavy atom. The second-order valence-corrected chi connectivity index (χ2v) is 7.65. The van der Waals surface area contributed by atoms with Crippen molar-refractivity contribution in [3.8, 4) is 0 Å². The van der Waals surface area contributed by atoms with Crippen molar-refractivity contribution in [1.82, 2.24) is 5.48 Å². The van der Waals surface area contributed by atoms with Crippen molar-refractivity contribution in [2.75, 3.05) is 17.9 Å². The summed E-state index contributed by atoms with van der Waals surface area (Å²) in [5.41, 5.74) is 2.56. The molecule has 0 unspecified atom stereocenters. The van der Waals surface area contributed by atoms with E-state index in [0.29, 0.717) is 26.1 Å². The molecule has 1 amide bonds. The lowest BCUT2D eigenvalue weighted by atomic mass is 10.1. The molecule has 0 aliphatic carbocycles. The van der Waals surface area contributed by atoms with E-state index < -0.39 is 21.7 Å². The molecule has 2 aromatic carbocycles. The van der Waals surface area contributed by atoms with E-state index in [1.807, 2.05) is 0 Å². The van der Waals surface area contributed by atoms with Crippen LogP contribution in [0.5, 0.6) is 0 Å². The third-order valence-corrected chi connectivity index (χ3v) is 5.41. The predicted octanol–water partition coefficient (Wildman–Crippen LogP) is 2.47. The van der Waals surface area contributed by atoms with E-state index in [1.54, 1.807) is 12.1 Å². The Labute approximate surface area is 156 Å². The first-order chi connectivity index (χ1) is 13.0. The minimum Gasteiger partial charge on any atom is -0.381 e. The molecule has 2 N–H and O–H groups in total. The van der Waals surface area contributed by atoms with Crippen LogP contribution in [0.1, 0.15) is 23.2 Å². The van der Waals surface area contributed by atoms with Crippen LogP contribution in [0.2, 0.25) is 0 Å². The molecule has 7 nitrogen and oxygen atoms in total. The highest BCUT2D eigenvalue weighted by Crippen LogP contribution is 2.21. The smallest absolute Gasteiger partial charge is 0.276 e. The van der Waals surface area contributed by atoms with Crippen molar-refractivity contribution in [3.05, 3.63) is 59.9 Å². The summed E-state index contributed by atoms with van der Waals surface area (Å²) in [6, 6.07) is 10.5. The molecule has 3 rings (SSSR count). The Morgan fingerprint density at radius 1 is 1.07 bits per heavy atom. The van der Waals surface area contributed by atoms with Crippen LogP contribution in [0.15, 0.2) is 53.4 Å². The number of anilines is 1. The normalized spacial score (nSPS) is 15.3. The highest BCUT2D eigenvalue weighted by atomic mass is 32.2. The van der Waals surface area contributed by atoms with E-state index in [1.165, 1.54) is 12.1 Å². The van der Waals surface area contributed by atoms with Gasteiger partial charge in [0.2, 0.25) is 0 Å². The first kappa shape index (κ1) is 19.3. The lowest BCUT2D eigenvalue weighted by Crippen LogP contribution is -2.33. The maximum atomic E-state index is 13.0. The number of carbonyl (C=O) groups is 1. The van der Waals surface area contributed by atoms with Crippen LogP contribution in [0.3, 0.4) is 0 Å². The zero-order chi connectivity index (χ0) is 19.3. The maximum Gasteiger partial charge on any atom is 0.276 e. The summed E-state index contributed by atoms with van der Waals surface area (Å²) in [6.45, 7) is 1.13. The summed E-state index contributed by atoms with van der Waals surface area (Å²) in [4.78, 5) is 17.7. The highest BCUT2D eigenvalue weighted by Gasteiger charge is 2.20. The van der Waals surface area contributed by atoms with Crippen LogP contribution >= 0.6 is 0 Å². The molecule has 144 valence electrons. The summed E-state index contributed by atoms with van der Waals surface area (Å²) in [6.07, 6.45) is 1.18. The van der Waals surface area contributed by atoms with Gasteiger partial charge in [0.25, 0.3) is 15.9 Å². The minimum atomic E-state index is -3.98. The zero-order valence-corrected chi connectivity index (χ0v) is 15.2. The van der Waals surface area contributed by atoms with Gasteiger partial charge < -0.3 is 4.74 Å². The maximum absolute atomic E-state index is 13.0. The van der Waals surface area contributed by atoms with E-state index >= 15 is 0 Å². The van der Waals surface area contributed by atoms with Crippen LogP contribution in [0, 0.1) is 5.82 Å². The monoisotopic (exact) mass is 394 g/mol. The molecule has 0 saturated carbocycles. The predicted molar refractivity (Wildman–Crippen MR) is 96.0 cm³/mol. The number of hydrogen-bond donors (Lipinski definition) is 2. The molecule has 0 radical (unpaired) electrons. The molecule has 1 fully saturated rings. The van der Waals surface area contributed by atoms with E-state index in [4.69, 9.17) is 9.57 Å². The number of amides is 1. The molecule has 0 atom stereocenters. The topological polar surface area (TPSA) is 93.7 Å². The van der Waals surface area contributed by atoms with Crippen molar-refractivity contribution in [2.24, 2.45) is 0 Å². The van der Waals surface area contributed by atoms with Crippen molar-refractivity contribution in [3.63, 3.8) is 0 Å². The van der Waals surface area contributed by atoms with Gasteiger partial charge >= 0.3 is 0 Å². The first-order valence-corrected chi connectivity index (χ1v) is 9.85. The Kier molecular flexibility index (Phi) is 6.04. The SMILES string of the molecule is O=C(NOC1CCOCC1)c1ccccc1NS(=O)(=O)c1ccc(F)cc1. The van der Waals surface area contributed by atoms with Gasteiger partial charge in [-0.2, -0.15) is 0 Å². The fourth-order valence-electron chi connectivity index (χ4n) is 2.57. The van der Waals surface area contributed by atoms with Crippen molar-refractivity contribution in [2.45, 2.75) is 23.8 Å². The average molecular weight is 394 g/mol. The molecular weight excluding hydrogens is 375 g/mol. The fourth-order valence-corrected chi connectivity index (χ4v) is 3.65. The molecular formula is C18H19FN2O5S. The molecule has 1 aliphatic heterocycles. The number of hydrogen-bond acceptors (Lipinski definition) is 5. The number of para-hydroxylation sites is 1. The summed E-state index contributed by atoms with van der Waals surface area (Å²) in [5, 5.41) is 0. The third-order valence-electron chi connectivity index (χ3n) is 4.03. The number of benzene rings is 2. The molecule has 0 bridgehead atoms. The zero-order valence-electron chi connectivity index (χ0n) is 14.4. The second kappa shape index (κ2) is 8.47. The largest absolute Gasteiger partial charge is 0.381 e. The number of nitrogens with one attached hydrogen (secondary N) is 2. The minimum absolute atomic E-state index is 0.0925. The number of sulfonamides is 1. The molecule has 0 aromatic heterocycles. The molecule has 0 spiro atoms. The lowest BCUT2D eigenvalue weighted by Gasteiger charge is -2.22. The first-order valence-electron chi connectivity index (χ1n) is 8.37. The number of hydroxylamine groups is 1. The van der Waals surface area contributed by atoms with Gasteiger partial charge in [-0.05, 0) is 49.2 Å². The van der Waals surface area contributed by atoms with E-state index in [9.17, 15) is 17.6 Å². The van der Waals surface area contributed by atoms with Gasteiger partial charge in [-0.25, -0.2) is 18.3 Å². The third kappa shape index (κ3) is 5.03. The van der Waals surface area contributed by atoms with E-state index in [2.05, 4.69) is 10.2 Å². The Bertz CT molecular complexity index is 896. The van der Waals surface area contributed by atoms with Crippen molar-refractivity contribution in [1.29, 1.82) is 0 Å². The number of ether oxygens (including phenoxy) is 1. The molecule has 2 aromatic rings. The Morgan fingerprint density at radius 3 is 2.44 bits per heavy atom. The van der Waals surface area contributed by atoms with Crippen molar-refractivity contribution >= 4 is 21.6 Å². The molecule has 1 heterocycles. The van der Waals surface area contributed by atoms with Gasteiger partial charge in [0.1, 0.15) is 5.82 Å². The fraction of sp³-hybridized carbons (Fsp3) is 0.278. The van der Waals surface area contributed by atoms with E-state index in [0.717, 1.165) is 24.3 Å². The molecule has 1 saturated heterocycles. The summed E-state index contributed by atoms with van der Waals surface area (Å²) in [5.74, 6) is -1.11. The molecule has 9 heteroatoms. The van der Waals surface area contributed by atoms with Crippen LogP contribution in [0.25, 0.3) is 0 Å². The lowest BCUT2D eigenvalue weighted by molar-refractivity contribution is -0.0673. The van der Waals surface area contributed by atoms with Gasteiger partial charge in [0.05, 0.1) is 22.3 Å². The van der Waals surface area contributed by atoms with E-state index in [-0.39, 0.29) is 22.3 Å². The number of halogens is 1.